The number of benzene rings is 1. The van der Waals surface area contributed by atoms with E-state index in [1.54, 1.807) is 11.9 Å². The number of likely N-dealkylation sites (tertiary alicyclic amines) is 1. The lowest BCUT2D eigenvalue weighted by Crippen LogP contribution is -2.63. The van der Waals surface area contributed by atoms with Crippen LogP contribution in [-0.4, -0.2) is 54.6 Å². The number of carbonyl (C=O) groups is 2. The van der Waals surface area contributed by atoms with Crippen molar-refractivity contribution in [1.29, 1.82) is 0 Å². The maximum atomic E-state index is 12.0. The molecule has 1 aromatic carbocycles. The van der Waals surface area contributed by atoms with Crippen LogP contribution in [0.5, 0.6) is 0 Å². The first-order chi connectivity index (χ1) is 13.7. The number of guanidine groups is 1. The minimum Gasteiger partial charge on any atom is -0.444 e. The van der Waals surface area contributed by atoms with Gasteiger partial charge in [0.15, 0.2) is 5.96 Å². The Bertz CT molecular complexity index is 736. The quantitative estimate of drug-likeness (QED) is 0.501. The van der Waals surface area contributed by atoms with Gasteiger partial charge in [0.2, 0.25) is 5.91 Å². The van der Waals surface area contributed by atoms with Crippen molar-refractivity contribution in [2.45, 2.75) is 58.7 Å². The molecule has 0 aromatic heterocycles. The highest BCUT2D eigenvalue weighted by atomic mass is 16.6. The predicted octanol–water partition coefficient (Wildman–Crippen LogP) is 2.71. The average Bonchev–Trinajstić information content (AvgIpc) is 2.59. The van der Waals surface area contributed by atoms with E-state index in [0.29, 0.717) is 32.0 Å². The topological polar surface area (TPSA) is 95.1 Å². The second-order valence-electron chi connectivity index (χ2n) is 8.15. The summed E-state index contributed by atoms with van der Waals surface area (Å²) in [7, 11) is 1.71. The fourth-order valence-corrected chi connectivity index (χ4v) is 2.83. The number of nitrogens with zero attached hydrogens (tertiary/aromatic N) is 2. The van der Waals surface area contributed by atoms with E-state index in [4.69, 9.17) is 4.74 Å². The van der Waals surface area contributed by atoms with Gasteiger partial charge in [-0.1, -0.05) is 19.1 Å². The van der Waals surface area contributed by atoms with Gasteiger partial charge in [0.25, 0.3) is 0 Å². The number of nitrogens with one attached hydrogen (secondary N) is 3. The Hall–Kier alpha value is -2.77. The van der Waals surface area contributed by atoms with Gasteiger partial charge in [-0.15, -0.1) is 0 Å². The Balaban J connectivity index is 1.78. The Morgan fingerprint density at radius 2 is 2.00 bits per heavy atom. The zero-order valence-electron chi connectivity index (χ0n) is 18.0. The minimum atomic E-state index is -0.488. The van der Waals surface area contributed by atoms with Crippen LogP contribution in [0.15, 0.2) is 29.3 Å². The summed E-state index contributed by atoms with van der Waals surface area (Å²) < 4.78 is 5.36. The molecule has 160 valence electrons. The van der Waals surface area contributed by atoms with Gasteiger partial charge in [0.1, 0.15) is 5.60 Å². The third kappa shape index (κ3) is 7.63. The Morgan fingerprint density at radius 3 is 2.62 bits per heavy atom. The average molecular weight is 404 g/mol. The zero-order chi connectivity index (χ0) is 21.4. The van der Waals surface area contributed by atoms with E-state index in [9.17, 15) is 9.59 Å². The van der Waals surface area contributed by atoms with E-state index in [1.165, 1.54) is 0 Å². The molecule has 2 rings (SSSR count). The molecule has 1 aliphatic rings. The highest BCUT2D eigenvalue weighted by molar-refractivity contribution is 5.90. The normalized spacial score (nSPS) is 14.8. The predicted molar refractivity (Wildman–Crippen MR) is 115 cm³/mol. The van der Waals surface area contributed by atoms with E-state index >= 15 is 0 Å². The van der Waals surface area contributed by atoms with E-state index in [2.05, 4.69) is 20.9 Å². The Labute approximate surface area is 173 Å². The van der Waals surface area contributed by atoms with E-state index < -0.39 is 5.60 Å². The smallest absolute Gasteiger partial charge is 0.410 e. The van der Waals surface area contributed by atoms with Crippen LogP contribution < -0.4 is 16.0 Å². The SMILES string of the molecule is CCCC(=O)Nc1cccc(CNC(=NC)NC2CN(C(=O)OC(C)(C)C)C2)c1. The molecule has 29 heavy (non-hydrogen) atoms. The first kappa shape index (κ1) is 22.5. The van der Waals surface area contributed by atoms with Crippen molar-refractivity contribution in [1.82, 2.24) is 15.5 Å². The summed E-state index contributed by atoms with van der Waals surface area (Å²) in [6.07, 6.45) is 1.04. The van der Waals surface area contributed by atoms with Crippen molar-refractivity contribution in [3.63, 3.8) is 0 Å². The number of amides is 2. The van der Waals surface area contributed by atoms with Gasteiger partial charge < -0.3 is 25.6 Å². The molecule has 0 bridgehead atoms. The number of hydrogen-bond donors (Lipinski definition) is 3. The lowest BCUT2D eigenvalue weighted by atomic mass is 10.1. The monoisotopic (exact) mass is 403 g/mol. The lowest BCUT2D eigenvalue weighted by molar-refractivity contribution is -0.116. The summed E-state index contributed by atoms with van der Waals surface area (Å²) in [5, 5.41) is 9.47. The lowest BCUT2D eigenvalue weighted by Gasteiger charge is -2.40. The first-order valence-electron chi connectivity index (χ1n) is 10.0. The molecule has 0 radical (unpaired) electrons. The molecule has 1 saturated heterocycles. The van der Waals surface area contributed by atoms with Gasteiger partial charge in [-0.3, -0.25) is 9.79 Å². The van der Waals surface area contributed by atoms with Crippen molar-refractivity contribution in [3.8, 4) is 0 Å². The third-order valence-corrected chi connectivity index (χ3v) is 4.25. The summed E-state index contributed by atoms with van der Waals surface area (Å²) >= 11 is 0. The van der Waals surface area contributed by atoms with Crippen molar-refractivity contribution >= 4 is 23.6 Å². The first-order valence-corrected chi connectivity index (χ1v) is 10.0. The summed E-state index contributed by atoms with van der Waals surface area (Å²) in [6.45, 7) is 9.28. The number of ether oxygens (including phenoxy) is 1. The van der Waals surface area contributed by atoms with E-state index in [0.717, 1.165) is 17.7 Å². The number of rotatable bonds is 6. The van der Waals surface area contributed by atoms with Gasteiger partial charge in [0, 0.05) is 38.8 Å². The van der Waals surface area contributed by atoms with Gasteiger partial charge in [-0.2, -0.15) is 0 Å². The molecule has 3 N–H and O–H groups in total. The van der Waals surface area contributed by atoms with Crippen molar-refractivity contribution in [3.05, 3.63) is 29.8 Å². The molecule has 0 saturated carbocycles. The van der Waals surface area contributed by atoms with Gasteiger partial charge in [0.05, 0.1) is 6.04 Å². The van der Waals surface area contributed by atoms with E-state index in [-0.39, 0.29) is 18.0 Å². The molecule has 0 atom stereocenters. The zero-order valence-corrected chi connectivity index (χ0v) is 18.0. The summed E-state index contributed by atoms with van der Waals surface area (Å²) in [5.74, 6) is 0.689. The molecule has 1 fully saturated rings. The molecule has 1 aliphatic heterocycles. The number of anilines is 1. The molecular formula is C21H33N5O3. The van der Waals surface area contributed by atoms with Crippen LogP contribution in [0.3, 0.4) is 0 Å². The van der Waals surface area contributed by atoms with Gasteiger partial charge in [-0.25, -0.2) is 4.79 Å². The fourth-order valence-electron chi connectivity index (χ4n) is 2.83. The van der Waals surface area contributed by atoms with Crippen LogP contribution in [0.25, 0.3) is 0 Å². The fraction of sp³-hybridized carbons (Fsp3) is 0.571. The van der Waals surface area contributed by atoms with Crippen LogP contribution in [0.1, 0.15) is 46.1 Å². The number of aliphatic imine (C=N–C) groups is 1. The molecule has 0 aliphatic carbocycles. The number of carbonyl (C=O) groups excluding carboxylic acids is 2. The highest BCUT2D eigenvalue weighted by Crippen LogP contribution is 2.15. The highest BCUT2D eigenvalue weighted by Gasteiger charge is 2.34. The Morgan fingerprint density at radius 1 is 1.28 bits per heavy atom. The van der Waals surface area contributed by atoms with Crippen LogP contribution in [0, 0.1) is 0 Å². The molecule has 8 heteroatoms. The van der Waals surface area contributed by atoms with Crippen molar-refractivity contribution in [2.24, 2.45) is 4.99 Å². The molecule has 1 aromatic rings. The summed E-state index contributed by atoms with van der Waals surface area (Å²) in [6, 6.07) is 7.86. The third-order valence-electron chi connectivity index (χ3n) is 4.25. The van der Waals surface area contributed by atoms with Crippen LogP contribution in [0.2, 0.25) is 0 Å². The molecule has 2 amide bonds. The minimum absolute atomic E-state index is 0.0228. The second kappa shape index (κ2) is 10.1. The van der Waals surface area contributed by atoms with Crippen molar-refractivity contribution < 1.29 is 14.3 Å². The second-order valence-corrected chi connectivity index (χ2v) is 8.15. The van der Waals surface area contributed by atoms with Gasteiger partial charge >= 0.3 is 6.09 Å². The number of hydrogen-bond acceptors (Lipinski definition) is 4. The summed E-state index contributed by atoms with van der Waals surface area (Å²) in [5.41, 5.74) is 1.33. The molecule has 1 heterocycles. The van der Waals surface area contributed by atoms with E-state index in [1.807, 2.05) is 52.0 Å². The standard InChI is InChI=1S/C21H33N5O3/c1-6-8-18(27)24-16-10-7-9-15(11-16)12-23-19(22-5)25-17-13-26(14-17)20(28)29-21(2,3)4/h7,9-11,17H,6,8,12-14H2,1-5H3,(H,24,27)(H2,22,23,25). The molecular weight excluding hydrogens is 370 g/mol. The maximum absolute atomic E-state index is 12.0. The van der Waals surface area contributed by atoms with Crippen LogP contribution in [-0.2, 0) is 16.1 Å². The summed E-state index contributed by atoms with van der Waals surface area (Å²) in [4.78, 5) is 29.7. The molecule has 8 nitrogen and oxygen atoms in total. The van der Waals surface area contributed by atoms with Gasteiger partial charge in [-0.05, 0) is 44.9 Å². The molecule has 0 spiro atoms. The Kier molecular flexibility index (Phi) is 7.87. The molecule has 0 unspecified atom stereocenters. The van der Waals surface area contributed by atoms with Crippen LogP contribution >= 0.6 is 0 Å². The largest absolute Gasteiger partial charge is 0.444 e. The van der Waals surface area contributed by atoms with Crippen LogP contribution in [0.4, 0.5) is 10.5 Å². The maximum Gasteiger partial charge on any atom is 0.410 e. The van der Waals surface area contributed by atoms with Crippen molar-refractivity contribution in [2.75, 3.05) is 25.5 Å².